The summed E-state index contributed by atoms with van der Waals surface area (Å²) in [6.45, 7) is 0. The van der Waals surface area contributed by atoms with Crippen molar-refractivity contribution in [1.29, 1.82) is 0 Å². The Bertz CT molecular complexity index is 1030. The molecule has 0 aliphatic rings. The molecule has 7 nitrogen and oxygen atoms in total. The summed E-state index contributed by atoms with van der Waals surface area (Å²) in [6, 6.07) is 17.8. The van der Waals surface area contributed by atoms with E-state index < -0.39 is 0 Å². The number of methoxy groups -OCH3 is 3. The number of hydrogen-bond acceptors (Lipinski definition) is 7. The van der Waals surface area contributed by atoms with E-state index in [4.69, 9.17) is 14.2 Å². The molecule has 148 valence electrons. The van der Waals surface area contributed by atoms with E-state index in [-0.39, 0.29) is 11.5 Å². The molecule has 0 unspecified atom stereocenters. The highest BCUT2D eigenvalue weighted by Gasteiger charge is 2.10. The lowest BCUT2D eigenvalue weighted by Crippen LogP contribution is -1.89. The number of benzene rings is 3. The summed E-state index contributed by atoms with van der Waals surface area (Å²) in [6.07, 6.45) is 1.53. The SMILES string of the molecule is COc1ccc(N=Nc2cc(C=Nc3ccccc3OC)c(O)c(OC)c2)cc1. The number of aliphatic imine (C=N–C) groups is 1. The number of nitrogens with zero attached hydrogens (tertiary/aromatic N) is 3. The smallest absolute Gasteiger partial charge is 0.166 e. The van der Waals surface area contributed by atoms with Gasteiger partial charge < -0.3 is 19.3 Å². The van der Waals surface area contributed by atoms with Crippen molar-refractivity contribution in [2.75, 3.05) is 21.3 Å². The van der Waals surface area contributed by atoms with Gasteiger partial charge in [-0.2, -0.15) is 10.2 Å². The van der Waals surface area contributed by atoms with Gasteiger partial charge in [-0.3, -0.25) is 4.99 Å². The first kappa shape index (κ1) is 19.9. The summed E-state index contributed by atoms with van der Waals surface area (Å²) in [5.74, 6) is 1.61. The van der Waals surface area contributed by atoms with Gasteiger partial charge in [-0.15, -0.1) is 0 Å². The molecule has 0 spiro atoms. The van der Waals surface area contributed by atoms with Crippen LogP contribution in [0.25, 0.3) is 0 Å². The number of phenols is 1. The topological polar surface area (TPSA) is 85.0 Å². The van der Waals surface area contributed by atoms with Gasteiger partial charge >= 0.3 is 0 Å². The minimum Gasteiger partial charge on any atom is -0.504 e. The van der Waals surface area contributed by atoms with E-state index in [2.05, 4.69) is 15.2 Å². The third kappa shape index (κ3) is 4.90. The molecule has 0 atom stereocenters. The average Bonchev–Trinajstić information content (AvgIpc) is 2.77. The van der Waals surface area contributed by atoms with Crippen molar-refractivity contribution in [2.45, 2.75) is 0 Å². The van der Waals surface area contributed by atoms with Crippen LogP contribution in [0.4, 0.5) is 17.1 Å². The van der Waals surface area contributed by atoms with Gasteiger partial charge in [0.1, 0.15) is 17.2 Å². The van der Waals surface area contributed by atoms with Crippen LogP contribution in [0.1, 0.15) is 5.56 Å². The van der Waals surface area contributed by atoms with Crippen LogP contribution in [0.15, 0.2) is 75.9 Å². The summed E-state index contributed by atoms with van der Waals surface area (Å²) in [7, 11) is 4.66. The number of rotatable bonds is 7. The Labute approximate surface area is 168 Å². The molecular formula is C22H21N3O4. The fourth-order valence-corrected chi connectivity index (χ4v) is 2.57. The van der Waals surface area contributed by atoms with Crippen molar-refractivity contribution in [3.05, 3.63) is 66.2 Å². The second kappa shape index (κ2) is 9.36. The Balaban J connectivity index is 1.91. The van der Waals surface area contributed by atoms with Crippen LogP contribution in [0.3, 0.4) is 0 Å². The molecule has 3 aromatic rings. The first-order valence-corrected chi connectivity index (χ1v) is 8.78. The maximum atomic E-state index is 10.4. The van der Waals surface area contributed by atoms with Crippen LogP contribution >= 0.6 is 0 Å². The Morgan fingerprint density at radius 1 is 0.759 bits per heavy atom. The molecule has 0 bridgehead atoms. The summed E-state index contributed by atoms with van der Waals surface area (Å²) in [5, 5.41) is 18.9. The number of azo groups is 1. The zero-order chi connectivity index (χ0) is 20.6. The summed E-state index contributed by atoms with van der Waals surface area (Å²) in [4.78, 5) is 4.41. The summed E-state index contributed by atoms with van der Waals surface area (Å²) < 4.78 is 15.7. The lowest BCUT2D eigenvalue weighted by molar-refractivity contribution is 0.373. The molecule has 3 aromatic carbocycles. The molecule has 0 aromatic heterocycles. The summed E-state index contributed by atoms with van der Waals surface area (Å²) in [5.41, 5.74) is 2.26. The lowest BCUT2D eigenvalue weighted by atomic mass is 10.1. The van der Waals surface area contributed by atoms with Crippen LogP contribution < -0.4 is 14.2 Å². The third-order valence-electron chi connectivity index (χ3n) is 4.09. The highest BCUT2D eigenvalue weighted by Crippen LogP contribution is 2.35. The molecule has 0 radical (unpaired) electrons. The molecule has 7 heteroatoms. The van der Waals surface area contributed by atoms with Gasteiger partial charge in [0.25, 0.3) is 0 Å². The lowest BCUT2D eigenvalue weighted by Gasteiger charge is -2.08. The van der Waals surface area contributed by atoms with Crippen molar-refractivity contribution in [3.63, 3.8) is 0 Å². The van der Waals surface area contributed by atoms with Crippen LogP contribution in [-0.4, -0.2) is 32.7 Å². The van der Waals surface area contributed by atoms with E-state index >= 15 is 0 Å². The predicted octanol–water partition coefficient (Wildman–Crippen LogP) is 5.58. The van der Waals surface area contributed by atoms with Gasteiger partial charge in [0.15, 0.2) is 11.5 Å². The van der Waals surface area contributed by atoms with Crippen LogP contribution in [0, 0.1) is 0 Å². The van der Waals surface area contributed by atoms with Crippen LogP contribution in [0.5, 0.6) is 23.0 Å². The van der Waals surface area contributed by atoms with Crippen LogP contribution in [-0.2, 0) is 0 Å². The minimum absolute atomic E-state index is 0.0328. The number of aromatic hydroxyl groups is 1. The normalized spacial score (nSPS) is 11.1. The maximum Gasteiger partial charge on any atom is 0.166 e. The first-order valence-electron chi connectivity index (χ1n) is 8.78. The van der Waals surface area contributed by atoms with Crippen molar-refractivity contribution < 1.29 is 19.3 Å². The fraction of sp³-hybridized carbons (Fsp3) is 0.136. The molecular weight excluding hydrogens is 370 g/mol. The Morgan fingerprint density at radius 2 is 1.45 bits per heavy atom. The largest absolute Gasteiger partial charge is 0.504 e. The van der Waals surface area contributed by atoms with Crippen molar-refractivity contribution in [1.82, 2.24) is 0 Å². The van der Waals surface area contributed by atoms with E-state index in [1.165, 1.54) is 13.3 Å². The van der Waals surface area contributed by atoms with Gasteiger partial charge in [0.2, 0.25) is 0 Å². The first-order chi connectivity index (χ1) is 14.1. The minimum atomic E-state index is -0.0328. The average molecular weight is 391 g/mol. The zero-order valence-electron chi connectivity index (χ0n) is 16.4. The van der Waals surface area contributed by atoms with Gasteiger partial charge in [-0.25, -0.2) is 0 Å². The monoisotopic (exact) mass is 391 g/mol. The molecule has 29 heavy (non-hydrogen) atoms. The van der Waals surface area contributed by atoms with Crippen molar-refractivity contribution in [3.8, 4) is 23.0 Å². The highest BCUT2D eigenvalue weighted by atomic mass is 16.5. The van der Waals surface area contributed by atoms with E-state index in [0.29, 0.717) is 28.4 Å². The number of ether oxygens (including phenoxy) is 3. The third-order valence-corrected chi connectivity index (χ3v) is 4.09. The summed E-state index contributed by atoms with van der Waals surface area (Å²) >= 11 is 0. The van der Waals surface area contributed by atoms with Gasteiger partial charge in [-0.05, 0) is 42.5 Å². The Kier molecular flexibility index (Phi) is 6.42. The molecule has 0 saturated heterocycles. The van der Waals surface area contributed by atoms with Crippen molar-refractivity contribution >= 4 is 23.3 Å². The second-order valence-electron chi connectivity index (χ2n) is 5.91. The Morgan fingerprint density at radius 3 is 2.14 bits per heavy atom. The Hall–Kier alpha value is -3.87. The zero-order valence-corrected chi connectivity index (χ0v) is 16.4. The molecule has 0 fully saturated rings. The molecule has 0 aliphatic heterocycles. The molecule has 3 rings (SSSR count). The molecule has 0 aliphatic carbocycles. The molecule has 0 heterocycles. The predicted molar refractivity (Wildman–Crippen MR) is 112 cm³/mol. The van der Waals surface area contributed by atoms with E-state index in [0.717, 1.165) is 5.75 Å². The fourth-order valence-electron chi connectivity index (χ4n) is 2.57. The van der Waals surface area contributed by atoms with Gasteiger partial charge in [-0.1, -0.05) is 12.1 Å². The van der Waals surface area contributed by atoms with Gasteiger partial charge in [0, 0.05) is 17.8 Å². The van der Waals surface area contributed by atoms with Gasteiger partial charge in [0.05, 0.1) is 32.7 Å². The molecule has 0 saturated carbocycles. The van der Waals surface area contributed by atoms with E-state index in [9.17, 15) is 5.11 Å². The molecule has 0 amide bonds. The quantitative estimate of drug-likeness (QED) is 0.421. The maximum absolute atomic E-state index is 10.4. The second-order valence-corrected chi connectivity index (χ2v) is 5.91. The number of para-hydroxylation sites is 2. The van der Waals surface area contributed by atoms with Crippen molar-refractivity contribution in [2.24, 2.45) is 15.2 Å². The standard InChI is InChI=1S/C22H21N3O4/c1-27-18-10-8-16(9-11-18)24-25-17-12-15(22(26)21(13-17)29-3)14-23-19-6-4-5-7-20(19)28-2/h4-14,26H,1-3H3. The van der Waals surface area contributed by atoms with E-state index in [1.807, 2.05) is 24.3 Å². The van der Waals surface area contributed by atoms with E-state index in [1.54, 1.807) is 50.6 Å². The highest BCUT2D eigenvalue weighted by molar-refractivity contribution is 5.88. The number of phenolic OH excluding ortho intramolecular Hbond substituents is 1. The molecule has 1 N–H and O–H groups in total. The number of hydrogen-bond donors (Lipinski definition) is 1. The van der Waals surface area contributed by atoms with Crippen LogP contribution in [0.2, 0.25) is 0 Å².